The first-order chi connectivity index (χ1) is 24.0. The monoisotopic (exact) mass is 852 g/mol. The van der Waals surface area contributed by atoms with Crippen molar-refractivity contribution >= 4 is 78.9 Å². The smallest absolute Gasteiger partial charge is 0.493 e. The number of hydrogen-bond donors (Lipinski definition) is 3. The van der Waals surface area contributed by atoms with Gasteiger partial charge in [-0.1, -0.05) is 36.8 Å². The maximum absolute atomic E-state index is 12.0. The topological polar surface area (TPSA) is 157 Å². The van der Waals surface area contributed by atoms with Crippen molar-refractivity contribution in [2.24, 2.45) is 0 Å². The van der Waals surface area contributed by atoms with Crippen LogP contribution in [0.25, 0.3) is 0 Å². The van der Waals surface area contributed by atoms with Crippen LogP contribution in [0.15, 0.2) is 77.7 Å². The van der Waals surface area contributed by atoms with Gasteiger partial charge in [-0.05, 0) is 109 Å². The third-order valence-electron chi connectivity index (χ3n) is 5.90. The fourth-order valence-electron chi connectivity index (χ4n) is 3.53. The number of hydrogen-bond acceptors (Lipinski definition) is 14. The van der Waals surface area contributed by atoms with Crippen LogP contribution in [0.3, 0.4) is 0 Å². The summed E-state index contributed by atoms with van der Waals surface area (Å²) in [6, 6.07) is 19.4. The van der Waals surface area contributed by atoms with E-state index in [1.807, 2.05) is 13.8 Å². The number of thioether (sulfide) groups is 1. The van der Waals surface area contributed by atoms with Crippen molar-refractivity contribution in [3.8, 4) is 11.5 Å². The van der Waals surface area contributed by atoms with Crippen molar-refractivity contribution in [3.05, 3.63) is 89.5 Å². The molecule has 0 atom stereocenters. The first-order valence-electron chi connectivity index (χ1n) is 15.9. The summed E-state index contributed by atoms with van der Waals surface area (Å²) in [5.41, 5.74) is -0.998. The number of ether oxygens (including phenoxy) is 2. The number of aliphatic hydroxyl groups excluding tert-OH is 1. The molecule has 0 unspecified atom stereocenters. The van der Waals surface area contributed by atoms with Crippen molar-refractivity contribution in [2.45, 2.75) is 71.5 Å². The third-order valence-corrected chi connectivity index (χ3v) is 8.36. The molecule has 0 spiro atoms. The van der Waals surface area contributed by atoms with E-state index in [4.69, 9.17) is 31.0 Å². The molecular formula is C37H49KO10S5. The summed E-state index contributed by atoms with van der Waals surface area (Å²) in [6.07, 6.45) is 0. The van der Waals surface area contributed by atoms with Crippen molar-refractivity contribution in [1.82, 2.24) is 0 Å². The maximum Gasteiger partial charge on any atom is 1.00 e. The first-order valence-corrected chi connectivity index (χ1v) is 19.5. The van der Waals surface area contributed by atoms with Crippen LogP contribution < -0.4 is 60.9 Å². The molecule has 0 aliphatic carbocycles. The number of aliphatic hydroxyl groups is 3. The van der Waals surface area contributed by atoms with E-state index in [-0.39, 0.29) is 81.9 Å². The number of Topliss-reactive ketones (excluding diaryl/α,β-unsaturated/α-hetero) is 2. The summed E-state index contributed by atoms with van der Waals surface area (Å²) in [5, 5.41) is 26.9. The van der Waals surface area contributed by atoms with Gasteiger partial charge in [-0.2, -0.15) is 12.6 Å². The van der Waals surface area contributed by atoms with Crippen LogP contribution in [-0.4, -0.2) is 87.1 Å². The zero-order valence-electron chi connectivity index (χ0n) is 31.7. The van der Waals surface area contributed by atoms with E-state index in [1.54, 1.807) is 86.3 Å². The van der Waals surface area contributed by atoms with Gasteiger partial charge in [0, 0.05) is 27.7 Å². The molecule has 3 rings (SSSR count). The Hall–Kier alpha value is -1.22. The van der Waals surface area contributed by atoms with Crippen molar-refractivity contribution in [2.75, 3.05) is 32.2 Å². The molecule has 0 bridgehead atoms. The molecule has 0 amide bonds. The molecule has 0 heterocycles. The summed E-state index contributed by atoms with van der Waals surface area (Å²) in [7, 11) is -3.82. The van der Waals surface area contributed by atoms with Gasteiger partial charge in [-0.25, -0.2) is 0 Å². The minimum atomic E-state index is -3.82. The number of aryl methyl sites for hydroxylation is 1. The van der Waals surface area contributed by atoms with Crippen LogP contribution >= 0.6 is 36.2 Å². The van der Waals surface area contributed by atoms with Gasteiger partial charge in [0.25, 0.3) is 10.1 Å². The zero-order chi connectivity index (χ0) is 40.1. The molecule has 0 saturated carbocycles. The van der Waals surface area contributed by atoms with Gasteiger partial charge in [0.1, 0.15) is 35.9 Å². The fraction of sp³-hybridized carbons (Fsp3) is 0.405. The quantitative estimate of drug-likeness (QED) is 0.0539. The molecule has 16 heteroatoms. The maximum atomic E-state index is 12.0. The zero-order valence-corrected chi connectivity index (χ0v) is 38.9. The van der Waals surface area contributed by atoms with Gasteiger partial charge in [0.05, 0.1) is 11.5 Å². The minimum Gasteiger partial charge on any atom is -0.493 e. The Morgan fingerprint density at radius 1 is 0.755 bits per heavy atom. The van der Waals surface area contributed by atoms with Crippen molar-refractivity contribution in [3.63, 3.8) is 0 Å². The molecule has 3 aromatic rings. The van der Waals surface area contributed by atoms with E-state index >= 15 is 0 Å². The Balaban J connectivity index is 0. The van der Waals surface area contributed by atoms with Crippen molar-refractivity contribution < 1.29 is 98.4 Å². The van der Waals surface area contributed by atoms with Crippen LogP contribution in [0.5, 0.6) is 11.5 Å². The Bertz CT molecular complexity index is 1650. The predicted molar refractivity (Wildman–Crippen MR) is 219 cm³/mol. The summed E-state index contributed by atoms with van der Waals surface area (Å²) < 4.78 is 41.4. The minimum absolute atomic E-state index is 0. The molecule has 0 radical (unpaired) electrons. The second-order valence-electron chi connectivity index (χ2n) is 11.8. The molecule has 0 saturated heterocycles. The van der Waals surface area contributed by atoms with Gasteiger partial charge >= 0.3 is 51.4 Å². The first kappa shape index (κ1) is 53.9. The molecule has 0 aromatic heterocycles. The number of carbonyl (C=O) groups excluding carboxylic acids is 2. The van der Waals surface area contributed by atoms with Gasteiger partial charge in [-0.15, -0.1) is 11.8 Å². The molecule has 288 valence electrons. The normalized spacial score (nSPS) is 10.7. The number of ketones is 2. The molecule has 53 heavy (non-hydrogen) atoms. The van der Waals surface area contributed by atoms with E-state index in [2.05, 4.69) is 24.8 Å². The summed E-state index contributed by atoms with van der Waals surface area (Å²) >= 11 is 15.2. The fourth-order valence-corrected chi connectivity index (χ4v) is 5.13. The van der Waals surface area contributed by atoms with Crippen molar-refractivity contribution in [1.29, 1.82) is 0 Å². The number of thiocarbonyl (C=S) groups is 2. The molecule has 3 aromatic carbocycles. The SMILES string of the molecule is CC(=S)SCCOc1ccc(C(=O)C(C)(C)O)cc1.CC(=S)[S-].CCO.Cc1ccc(S(=O)(=O)OCCOc2ccc(C(=O)C(C)(C)O)cc2)cc1.[K+]. The van der Waals surface area contributed by atoms with Crippen LogP contribution in [0.2, 0.25) is 0 Å². The molecule has 3 N–H and O–H groups in total. The van der Waals surface area contributed by atoms with Crippen LogP contribution in [0.1, 0.15) is 74.7 Å². The van der Waals surface area contributed by atoms with E-state index in [0.29, 0.717) is 33.4 Å². The summed E-state index contributed by atoms with van der Waals surface area (Å²) in [4.78, 5) is 23.8. The molecule has 10 nitrogen and oxygen atoms in total. The Kier molecular flexibility index (Phi) is 27.8. The summed E-state index contributed by atoms with van der Waals surface area (Å²) in [5.74, 6) is 1.28. The molecule has 0 aliphatic rings. The Morgan fingerprint density at radius 3 is 1.45 bits per heavy atom. The second-order valence-corrected chi connectivity index (χ2v) is 17.0. The third kappa shape index (κ3) is 24.8. The Morgan fingerprint density at radius 2 is 1.11 bits per heavy atom. The van der Waals surface area contributed by atoms with Gasteiger partial charge < -0.3 is 49.6 Å². The molecular weight excluding hydrogens is 804 g/mol. The standard InChI is InChI=1S/C19H22O6S.C14H18O3S2.C2H6O.C2H4S2.K/c1-14-4-10-17(11-5-14)26(22,23)25-13-12-24-16-8-6-15(7-9-16)18(20)19(2,3)21;1-10(18)19-9-8-17-12-6-4-11(5-7-12)13(15)14(2,3)16;1-2-3;1-2(3)4;/h4-11,21H,12-13H2,1-3H3;4-7,16H,8-9H2,1-3H3;3H,2H2,1H3;1H3,(H,3,4);/q;;;;+1/p-1. The Labute approximate surface area is 377 Å². The predicted octanol–water partition coefficient (Wildman–Crippen LogP) is 3.72. The summed E-state index contributed by atoms with van der Waals surface area (Å²) in [6.45, 7) is 13.7. The molecule has 0 aliphatic heterocycles. The second kappa shape index (κ2) is 27.4. The number of rotatable bonds is 14. The van der Waals surface area contributed by atoms with E-state index in [9.17, 15) is 28.2 Å². The van der Waals surface area contributed by atoms with Crippen LogP contribution in [0.4, 0.5) is 0 Å². The van der Waals surface area contributed by atoms with Crippen LogP contribution in [-0.2, 0) is 26.9 Å². The number of carbonyl (C=O) groups is 2. The largest absolute Gasteiger partial charge is 1.00 e. The van der Waals surface area contributed by atoms with E-state index < -0.39 is 27.1 Å². The van der Waals surface area contributed by atoms with Gasteiger partial charge in [0.15, 0.2) is 11.6 Å². The van der Waals surface area contributed by atoms with E-state index in [0.717, 1.165) is 15.5 Å². The van der Waals surface area contributed by atoms with Gasteiger partial charge in [-0.3, -0.25) is 13.8 Å². The van der Waals surface area contributed by atoms with Gasteiger partial charge in [0.2, 0.25) is 0 Å². The van der Waals surface area contributed by atoms with E-state index in [1.165, 1.54) is 39.8 Å². The average molecular weight is 853 g/mol. The molecule has 0 fully saturated rings. The number of benzene rings is 3. The average Bonchev–Trinajstić information content (AvgIpc) is 3.05. The van der Waals surface area contributed by atoms with Crippen LogP contribution in [0, 0.1) is 6.92 Å².